The Hall–Kier alpha value is -2.89. The van der Waals surface area contributed by atoms with Gasteiger partial charge in [0.2, 0.25) is 5.91 Å². The summed E-state index contributed by atoms with van der Waals surface area (Å²) in [7, 11) is 4.90. The SMILES string of the molecule is COc1ccc2c(c1)C[C@@H](C(=O)N1CCC[C@H]1c1ccc(OC)c(OC)c1)CO2. The van der Waals surface area contributed by atoms with Crippen molar-refractivity contribution in [1.82, 2.24) is 4.90 Å². The van der Waals surface area contributed by atoms with Crippen LogP contribution >= 0.6 is 0 Å². The van der Waals surface area contributed by atoms with Gasteiger partial charge in [0.25, 0.3) is 0 Å². The molecule has 0 aromatic heterocycles. The molecule has 2 aliphatic heterocycles. The molecule has 1 fully saturated rings. The fraction of sp³-hybridized carbons (Fsp3) is 0.435. The fourth-order valence-electron chi connectivity index (χ4n) is 4.33. The van der Waals surface area contributed by atoms with Gasteiger partial charge in [-0.25, -0.2) is 0 Å². The van der Waals surface area contributed by atoms with Gasteiger partial charge in [-0.05, 0) is 60.7 Å². The third-order valence-corrected chi connectivity index (χ3v) is 5.85. The average molecular weight is 397 g/mol. The highest BCUT2D eigenvalue weighted by atomic mass is 16.5. The Labute approximate surface area is 171 Å². The second-order valence-electron chi connectivity index (χ2n) is 7.49. The monoisotopic (exact) mass is 397 g/mol. The third-order valence-electron chi connectivity index (χ3n) is 5.85. The Morgan fingerprint density at radius 2 is 1.86 bits per heavy atom. The van der Waals surface area contributed by atoms with Crippen LogP contribution in [0.5, 0.6) is 23.0 Å². The van der Waals surface area contributed by atoms with Gasteiger partial charge in [-0.2, -0.15) is 0 Å². The second-order valence-corrected chi connectivity index (χ2v) is 7.49. The molecule has 2 aromatic carbocycles. The molecule has 0 bridgehead atoms. The lowest BCUT2D eigenvalue weighted by atomic mass is 9.94. The summed E-state index contributed by atoms with van der Waals surface area (Å²) in [6.07, 6.45) is 2.60. The molecule has 0 radical (unpaired) electrons. The highest BCUT2D eigenvalue weighted by Crippen LogP contribution is 2.39. The lowest BCUT2D eigenvalue weighted by Crippen LogP contribution is -2.40. The fourth-order valence-corrected chi connectivity index (χ4v) is 4.33. The molecule has 2 heterocycles. The summed E-state index contributed by atoms with van der Waals surface area (Å²) >= 11 is 0. The third kappa shape index (κ3) is 3.71. The van der Waals surface area contributed by atoms with Crippen LogP contribution in [0.2, 0.25) is 0 Å². The van der Waals surface area contributed by atoms with Crippen molar-refractivity contribution in [3.8, 4) is 23.0 Å². The van der Waals surface area contributed by atoms with Crippen LogP contribution in [0, 0.1) is 5.92 Å². The van der Waals surface area contributed by atoms with E-state index in [0.717, 1.165) is 42.0 Å². The number of carbonyl (C=O) groups is 1. The maximum Gasteiger partial charge on any atom is 0.229 e. The molecular formula is C23H27NO5. The number of hydrogen-bond acceptors (Lipinski definition) is 5. The number of benzene rings is 2. The van der Waals surface area contributed by atoms with E-state index in [1.54, 1.807) is 21.3 Å². The molecule has 1 saturated heterocycles. The number of ether oxygens (including phenoxy) is 4. The minimum atomic E-state index is -0.185. The van der Waals surface area contributed by atoms with E-state index in [1.807, 2.05) is 41.3 Å². The maximum atomic E-state index is 13.4. The lowest BCUT2D eigenvalue weighted by Gasteiger charge is -2.32. The Balaban J connectivity index is 1.54. The Bertz CT molecular complexity index is 897. The molecule has 0 N–H and O–H groups in total. The van der Waals surface area contributed by atoms with Crippen LogP contribution in [0.15, 0.2) is 36.4 Å². The first-order valence-electron chi connectivity index (χ1n) is 9.96. The first kappa shape index (κ1) is 19.4. The molecule has 2 aromatic rings. The van der Waals surface area contributed by atoms with Crippen molar-refractivity contribution in [2.45, 2.75) is 25.3 Å². The first-order valence-corrected chi connectivity index (χ1v) is 9.96. The molecule has 0 aliphatic carbocycles. The van der Waals surface area contributed by atoms with Crippen molar-refractivity contribution in [3.63, 3.8) is 0 Å². The van der Waals surface area contributed by atoms with Crippen LogP contribution in [0.1, 0.15) is 30.0 Å². The highest BCUT2D eigenvalue weighted by molar-refractivity contribution is 5.80. The molecular weight excluding hydrogens is 370 g/mol. The summed E-state index contributed by atoms with van der Waals surface area (Å²) < 4.78 is 22.0. The Morgan fingerprint density at radius 3 is 2.62 bits per heavy atom. The second kappa shape index (κ2) is 8.23. The van der Waals surface area contributed by atoms with Gasteiger partial charge in [0.1, 0.15) is 18.1 Å². The van der Waals surface area contributed by atoms with Crippen LogP contribution in [0.25, 0.3) is 0 Å². The van der Waals surface area contributed by atoms with E-state index in [2.05, 4.69) is 0 Å². The van der Waals surface area contributed by atoms with Crippen molar-refractivity contribution in [3.05, 3.63) is 47.5 Å². The Morgan fingerprint density at radius 1 is 1.03 bits per heavy atom. The largest absolute Gasteiger partial charge is 0.497 e. The molecule has 29 heavy (non-hydrogen) atoms. The number of nitrogens with zero attached hydrogens (tertiary/aromatic N) is 1. The van der Waals surface area contributed by atoms with Crippen LogP contribution in [0.4, 0.5) is 0 Å². The number of fused-ring (bicyclic) bond motifs is 1. The number of amides is 1. The molecule has 1 amide bonds. The number of likely N-dealkylation sites (tertiary alicyclic amines) is 1. The van der Waals surface area contributed by atoms with Crippen LogP contribution in [-0.2, 0) is 11.2 Å². The van der Waals surface area contributed by atoms with Gasteiger partial charge in [0.15, 0.2) is 11.5 Å². The normalized spacial score (nSPS) is 20.6. The van der Waals surface area contributed by atoms with Crippen LogP contribution in [0.3, 0.4) is 0 Å². The quantitative estimate of drug-likeness (QED) is 0.771. The highest BCUT2D eigenvalue weighted by Gasteiger charge is 2.36. The first-order chi connectivity index (χ1) is 14.1. The van der Waals surface area contributed by atoms with E-state index < -0.39 is 0 Å². The molecule has 2 atom stereocenters. The van der Waals surface area contributed by atoms with Crippen molar-refractivity contribution in [2.75, 3.05) is 34.5 Å². The van der Waals surface area contributed by atoms with Crippen molar-refractivity contribution < 1.29 is 23.7 Å². The van der Waals surface area contributed by atoms with E-state index >= 15 is 0 Å². The smallest absolute Gasteiger partial charge is 0.229 e. The molecule has 4 rings (SSSR count). The van der Waals surface area contributed by atoms with Gasteiger partial charge >= 0.3 is 0 Å². The number of methoxy groups -OCH3 is 3. The minimum Gasteiger partial charge on any atom is -0.497 e. The van der Waals surface area contributed by atoms with Gasteiger partial charge in [0, 0.05) is 6.54 Å². The molecule has 0 unspecified atom stereocenters. The molecule has 2 aliphatic rings. The standard InChI is InChI=1S/C23H27NO5/c1-26-18-7-9-20-16(12-18)11-17(14-29-20)23(25)24-10-4-5-19(24)15-6-8-21(27-2)22(13-15)28-3/h6-9,12-13,17,19H,4-5,10-11,14H2,1-3H3/t17-,19+/m1/s1. The van der Waals surface area contributed by atoms with Gasteiger partial charge in [-0.1, -0.05) is 6.07 Å². The summed E-state index contributed by atoms with van der Waals surface area (Å²) in [5.74, 6) is 2.97. The molecule has 6 heteroatoms. The summed E-state index contributed by atoms with van der Waals surface area (Å²) in [6.45, 7) is 1.17. The van der Waals surface area contributed by atoms with Crippen LogP contribution in [-0.4, -0.2) is 45.3 Å². The van der Waals surface area contributed by atoms with Gasteiger partial charge in [-0.3, -0.25) is 4.79 Å². The summed E-state index contributed by atoms with van der Waals surface area (Å²) in [5.41, 5.74) is 2.10. The van der Waals surface area contributed by atoms with E-state index in [0.29, 0.717) is 24.5 Å². The lowest BCUT2D eigenvalue weighted by molar-refractivity contribution is -0.137. The molecule has 0 spiro atoms. The summed E-state index contributed by atoms with van der Waals surface area (Å²) in [5, 5.41) is 0. The van der Waals surface area contributed by atoms with Crippen molar-refractivity contribution in [2.24, 2.45) is 5.92 Å². The molecule has 154 valence electrons. The van der Waals surface area contributed by atoms with Crippen molar-refractivity contribution >= 4 is 5.91 Å². The Kier molecular flexibility index (Phi) is 5.51. The van der Waals surface area contributed by atoms with Gasteiger partial charge in [-0.15, -0.1) is 0 Å². The summed E-state index contributed by atoms with van der Waals surface area (Å²) in [4.78, 5) is 15.4. The van der Waals surface area contributed by atoms with Gasteiger partial charge in [0.05, 0.1) is 33.3 Å². The maximum absolute atomic E-state index is 13.4. The number of carbonyl (C=O) groups excluding carboxylic acids is 1. The van der Waals surface area contributed by atoms with E-state index in [4.69, 9.17) is 18.9 Å². The topological polar surface area (TPSA) is 57.2 Å². The predicted molar refractivity (Wildman–Crippen MR) is 109 cm³/mol. The number of hydrogen-bond donors (Lipinski definition) is 0. The van der Waals surface area contributed by atoms with E-state index in [1.165, 1.54) is 0 Å². The molecule has 6 nitrogen and oxygen atoms in total. The van der Waals surface area contributed by atoms with Crippen molar-refractivity contribution in [1.29, 1.82) is 0 Å². The molecule has 0 saturated carbocycles. The predicted octanol–water partition coefficient (Wildman–Crippen LogP) is 3.63. The zero-order chi connectivity index (χ0) is 20.4. The zero-order valence-corrected chi connectivity index (χ0v) is 17.1. The minimum absolute atomic E-state index is 0.0500. The zero-order valence-electron chi connectivity index (χ0n) is 17.1. The number of rotatable bonds is 5. The van der Waals surface area contributed by atoms with Gasteiger partial charge < -0.3 is 23.8 Å². The van der Waals surface area contributed by atoms with Crippen LogP contribution < -0.4 is 18.9 Å². The average Bonchev–Trinajstić information content (AvgIpc) is 3.27. The summed E-state index contributed by atoms with van der Waals surface area (Å²) in [6, 6.07) is 11.7. The van der Waals surface area contributed by atoms with E-state index in [-0.39, 0.29) is 17.9 Å². The van der Waals surface area contributed by atoms with E-state index in [9.17, 15) is 4.79 Å².